The highest BCUT2D eigenvalue weighted by atomic mass is 16.5. The first-order valence-corrected chi connectivity index (χ1v) is 7.91. The van der Waals surface area contributed by atoms with Crippen LogP contribution in [0.15, 0.2) is 18.2 Å². The summed E-state index contributed by atoms with van der Waals surface area (Å²) in [5.41, 5.74) is 1.65. The van der Waals surface area contributed by atoms with E-state index in [-0.39, 0.29) is 17.9 Å². The Labute approximate surface area is 132 Å². The molecule has 2 rings (SSSR count). The van der Waals surface area contributed by atoms with E-state index in [1.54, 1.807) is 14.2 Å². The number of methoxy groups -OCH3 is 2. The molecule has 5 nitrogen and oxygen atoms in total. The van der Waals surface area contributed by atoms with Gasteiger partial charge in [-0.1, -0.05) is 19.1 Å². The summed E-state index contributed by atoms with van der Waals surface area (Å²) < 4.78 is 11.2. The first-order valence-electron chi connectivity index (χ1n) is 7.91. The van der Waals surface area contributed by atoms with Crippen molar-refractivity contribution in [2.45, 2.75) is 31.8 Å². The molecule has 2 atom stereocenters. The van der Waals surface area contributed by atoms with Gasteiger partial charge >= 0.3 is 0 Å². The summed E-state index contributed by atoms with van der Waals surface area (Å²) in [6, 6.07) is 5.78. The Morgan fingerprint density at radius 2 is 2.23 bits per heavy atom. The van der Waals surface area contributed by atoms with Gasteiger partial charge in [-0.3, -0.25) is 4.79 Å². The van der Waals surface area contributed by atoms with E-state index in [1.807, 2.05) is 25.1 Å². The molecule has 22 heavy (non-hydrogen) atoms. The first kappa shape index (κ1) is 16.8. The summed E-state index contributed by atoms with van der Waals surface area (Å²) in [5, 5.41) is 6.26. The zero-order valence-corrected chi connectivity index (χ0v) is 13.6. The average Bonchev–Trinajstić information content (AvgIpc) is 2.58. The fourth-order valence-electron chi connectivity index (χ4n) is 3.02. The number of rotatable bonds is 6. The predicted octanol–water partition coefficient (Wildman–Crippen LogP) is 1.93. The largest absolute Gasteiger partial charge is 0.496 e. The number of piperidine rings is 1. The molecule has 1 aliphatic heterocycles. The van der Waals surface area contributed by atoms with E-state index >= 15 is 0 Å². The lowest BCUT2D eigenvalue weighted by atomic mass is 9.86. The van der Waals surface area contributed by atoms with E-state index in [9.17, 15) is 4.79 Å². The van der Waals surface area contributed by atoms with Crippen molar-refractivity contribution in [3.63, 3.8) is 0 Å². The number of hydrogen-bond donors (Lipinski definition) is 2. The maximum atomic E-state index is 12.3. The highest BCUT2D eigenvalue weighted by Crippen LogP contribution is 2.36. The van der Waals surface area contributed by atoms with Crippen molar-refractivity contribution < 1.29 is 14.3 Å². The summed E-state index contributed by atoms with van der Waals surface area (Å²) in [7, 11) is 3.35. The second-order valence-electron chi connectivity index (χ2n) is 5.56. The standard InChI is InChI=1S/C17H26N2O3/c1-4-9-19-17(20)14-7-5-6-13(16(14)22-3)12-8-10-18-11-15(12)21-2/h5-7,12,15,18H,4,8-11H2,1-3H3,(H,19,20). The smallest absolute Gasteiger partial charge is 0.255 e. The van der Waals surface area contributed by atoms with Crippen LogP contribution in [0.4, 0.5) is 0 Å². The Morgan fingerprint density at radius 3 is 2.91 bits per heavy atom. The fourth-order valence-corrected chi connectivity index (χ4v) is 3.02. The molecule has 0 spiro atoms. The Balaban J connectivity index is 2.33. The Morgan fingerprint density at radius 1 is 1.41 bits per heavy atom. The van der Waals surface area contributed by atoms with Crippen LogP contribution < -0.4 is 15.4 Å². The van der Waals surface area contributed by atoms with Crippen LogP contribution in [0.25, 0.3) is 0 Å². The molecule has 1 amide bonds. The van der Waals surface area contributed by atoms with E-state index in [1.165, 1.54) is 0 Å². The maximum absolute atomic E-state index is 12.3. The van der Waals surface area contributed by atoms with Crippen molar-refractivity contribution in [2.75, 3.05) is 33.9 Å². The molecule has 0 saturated carbocycles. The first-order chi connectivity index (χ1) is 10.7. The third-order valence-electron chi connectivity index (χ3n) is 4.16. The van der Waals surface area contributed by atoms with Crippen LogP contribution in [0.1, 0.15) is 41.6 Å². The molecule has 0 bridgehead atoms. The molecule has 2 N–H and O–H groups in total. The minimum Gasteiger partial charge on any atom is -0.496 e. The molecule has 2 unspecified atom stereocenters. The lowest BCUT2D eigenvalue weighted by molar-refractivity contribution is 0.0616. The monoisotopic (exact) mass is 306 g/mol. The summed E-state index contributed by atoms with van der Waals surface area (Å²) in [4.78, 5) is 12.3. The molecule has 1 aromatic rings. The molecule has 0 radical (unpaired) electrons. The maximum Gasteiger partial charge on any atom is 0.255 e. The third kappa shape index (κ3) is 3.59. The van der Waals surface area contributed by atoms with E-state index in [0.717, 1.165) is 31.5 Å². The number of nitrogens with one attached hydrogen (secondary N) is 2. The molecular weight excluding hydrogens is 280 g/mol. The van der Waals surface area contributed by atoms with Gasteiger partial charge in [0.15, 0.2) is 0 Å². The van der Waals surface area contributed by atoms with Crippen LogP contribution in [0.3, 0.4) is 0 Å². The normalized spacial score (nSPS) is 21.4. The van der Waals surface area contributed by atoms with Gasteiger partial charge in [-0.05, 0) is 25.5 Å². The summed E-state index contributed by atoms with van der Waals surface area (Å²) in [6.45, 7) is 4.46. The number of carbonyl (C=O) groups excluding carboxylic acids is 1. The molecule has 1 fully saturated rings. The van der Waals surface area contributed by atoms with Gasteiger partial charge in [0.2, 0.25) is 0 Å². The van der Waals surface area contributed by atoms with E-state index in [0.29, 0.717) is 17.9 Å². The second kappa shape index (κ2) is 8.15. The minimum absolute atomic E-state index is 0.0801. The van der Waals surface area contributed by atoms with Gasteiger partial charge in [-0.2, -0.15) is 0 Å². The highest BCUT2D eigenvalue weighted by molar-refractivity contribution is 5.97. The Hall–Kier alpha value is -1.59. The number of para-hydroxylation sites is 1. The van der Waals surface area contributed by atoms with Gasteiger partial charge in [0.05, 0.1) is 18.8 Å². The van der Waals surface area contributed by atoms with Gasteiger partial charge < -0.3 is 20.1 Å². The van der Waals surface area contributed by atoms with Crippen molar-refractivity contribution in [1.82, 2.24) is 10.6 Å². The lowest BCUT2D eigenvalue weighted by Crippen LogP contribution is -2.40. The van der Waals surface area contributed by atoms with Gasteiger partial charge in [-0.15, -0.1) is 0 Å². The van der Waals surface area contributed by atoms with Gasteiger partial charge in [0.1, 0.15) is 5.75 Å². The number of hydrogen-bond acceptors (Lipinski definition) is 4. The van der Waals surface area contributed by atoms with Crippen LogP contribution in [0.2, 0.25) is 0 Å². The molecule has 1 aliphatic rings. The number of amides is 1. The molecule has 1 aromatic carbocycles. The van der Waals surface area contributed by atoms with Crippen molar-refractivity contribution in [2.24, 2.45) is 0 Å². The van der Waals surface area contributed by atoms with Crippen molar-refractivity contribution in [3.8, 4) is 5.75 Å². The lowest BCUT2D eigenvalue weighted by Gasteiger charge is -2.32. The molecule has 5 heteroatoms. The quantitative estimate of drug-likeness (QED) is 0.843. The van der Waals surface area contributed by atoms with Gasteiger partial charge in [0.25, 0.3) is 5.91 Å². The summed E-state index contributed by atoms with van der Waals surface area (Å²) in [5.74, 6) is 0.827. The highest BCUT2D eigenvalue weighted by Gasteiger charge is 2.30. The van der Waals surface area contributed by atoms with Crippen LogP contribution in [-0.2, 0) is 4.74 Å². The second-order valence-corrected chi connectivity index (χ2v) is 5.56. The van der Waals surface area contributed by atoms with Crippen LogP contribution in [-0.4, -0.2) is 45.9 Å². The van der Waals surface area contributed by atoms with E-state index in [2.05, 4.69) is 10.6 Å². The van der Waals surface area contributed by atoms with Crippen LogP contribution in [0.5, 0.6) is 5.75 Å². The average molecular weight is 306 g/mol. The molecular formula is C17H26N2O3. The third-order valence-corrected chi connectivity index (χ3v) is 4.16. The molecule has 122 valence electrons. The van der Waals surface area contributed by atoms with Gasteiger partial charge in [0, 0.05) is 31.7 Å². The van der Waals surface area contributed by atoms with Crippen LogP contribution in [0, 0.1) is 0 Å². The predicted molar refractivity (Wildman–Crippen MR) is 86.6 cm³/mol. The van der Waals surface area contributed by atoms with E-state index in [4.69, 9.17) is 9.47 Å². The molecule has 1 saturated heterocycles. The van der Waals surface area contributed by atoms with Crippen molar-refractivity contribution in [1.29, 1.82) is 0 Å². The number of benzene rings is 1. The Bertz CT molecular complexity index is 505. The molecule has 0 aliphatic carbocycles. The van der Waals surface area contributed by atoms with Crippen molar-refractivity contribution in [3.05, 3.63) is 29.3 Å². The Kier molecular flexibility index (Phi) is 6.21. The number of carbonyl (C=O) groups is 1. The number of ether oxygens (including phenoxy) is 2. The summed E-state index contributed by atoms with van der Waals surface area (Å²) in [6.07, 6.45) is 1.97. The topological polar surface area (TPSA) is 59.6 Å². The molecule has 0 aromatic heterocycles. The zero-order chi connectivity index (χ0) is 15.9. The summed E-state index contributed by atoms with van der Waals surface area (Å²) >= 11 is 0. The SMILES string of the molecule is CCCNC(=O)c1cccc(C2CCNCC2OC)c1OC. The minimum atomic E-state index is -0.0801. The fraction of sp³-hybridized carbons (Fsp3) is 0.588. The molecule has 1 heterocycles. The van der Waals surface area contributed by atoms with Crippen molar-refractivity contribution >= 4 is 5.91 Å². The van der Waals surface area contributed by atoms with Gasteiger partial charge in [-0.25, -0.2) is 0 Å². The van der Waals surface area contributed by atoms with Crippen LogP contribution >= 0.6 is 0 Å². The van der Waals surface area contributed by atoms with E-state index < -0.39 is 0 Å². The zero-order valence-electron chi connectivity index (χ0n) is 13.6.